The van der Waals surface area contributed by atoms with Crippen molar-refractivity contribution in [3.8, 4) is 6.07 Å². The van der Waals surface area contributed by atoms with Crippen molar-refractivity contribution in [2.45, 2.75) is 25.7 Å². The molecule has 1 aromatic rings. The van der Waals surface area contributed by atoms with Gasteiger partial charge in [-0.1, -0.05) is 12.5 Å². The number of hydrogen-bond acceptors (Lipinski definition) is 2. The van der Waals surface area contributed by atoms with Crippen molar-refractivity contribution in [2.24, 2.45) is 17.8 Å². The third-order valence-electron chi connectivity index (χ3n) is 4.56. The van der Waals surface area contributed by atoms with Gasteiger partial charge in [0.1, 0.15) is 17.4 Å². The second-order valence-corrected chi connectivity index (χ2v) is 5.59. The number of benzene rings is 1. The number of fused-ring (bicyclic) bond motifs is 2. The lowest BCUT2D eigenvalue weighted by Crippen LogP contribution is -2.20. The van der Waals surface area contributed by atoms with Gasteiger partial charge < -0.3 is 5.32 Å². The molecule has 0 aromatic heterocycles. The van der Waals surface area contributed by atoms with Gasteiger partial charge in [0.25, 0.3) is 0 Å². The summed E-state index contributed by atoms with van der Waals surface area (Å²) in [6.07, 6.45) is 5.42. The maximum Gasteiger partial charge on any atom is 0.143 e. The van der Waals surface area contributed by atoms with Crippen LogP contribution in [0.3, 0.4) is 0 Å². The first-order valence-electron chi connectivity index (χ1n) is 6.70. The molecule has 3 atom stereocenters. The molecular formula is C15H17FN2. The van der Waals surface area contributed by atoms with Crippen LogP contribution in [-0.4, -0.2) is 6.54 Å². The summed E-state index contributed by atoms with van der Waals surface area (Å²) in [5.41, 5.74) is 0.779. The van der Waals surface area contributed by atoms with Crippen LogP contribution < -0.4 is 5.32 Å². The van der Waals surface area contributed by atoms with Crippen molar-refractivity contribution in [3.05, 3.63) is 29.6 Å². The molecule has 0 amide bonds. The number of nitrogens with one attached hydrogen (secondary N) is 1. The molecular weight excluding hydrogens is 227 g/mol. The van der Waals surface area contributed by atoms with Crippen molar-refractivity contribution in [1.82, 2.24) is 0 Å². The molecule has 3 heteroatoms. The van der Waals surface area contributed by atoms with Crippen LogP contribution in [0.4, 0.5) is 10.1 Å². The Kier molecular flexibility index (Phi) is 2.95. The van der Waals surface area contributed by atoms with Crippen LogP contribution in [0.5, 0.6) is 0 Å². The SMILES string of the molecule is N#Cc1c(F)cccc1NCC1CC2CCC1C2. The van der Waals surface area contributed by atoms with E-state index in [1.54, 1.807) is 12.1 Å². The van der Waals surface area contributed by atoms with Gasteiger partial charge >= 0.3 is 0 Å². The molecule has 0 radical (unpaired) electrons. The van der Waals surface area contributed by atoms with Gasteiger partial charge in [-0.3, -0.25) is 0 Å². The Morgan fingerprint density at radius 2 is 2.22 bits per heavy atom. The van der Waals surface area contributed by atoms with E-state index in [2.05, 4.69) is 5.32 Å². The van der Waals surface area contributed by atoms with Gasteiger partial charge in [0, 0.05) is 6.54 Å². The summed E-state index contributed by atoms with van der Waals surface area (Å²) in [4.78, 5) is 0. The highest BCUT2D eigenvalue weighted by Crippen LogP contribution is 2.48. The second kappa shape index (κ2) is 4.61. The van der Waals surface area contributed by atoms with Gasteiger partial charge in [-0.2, -0.15) is 5.26 Å². The Balaban J connectivity index is 1.67. The maximum atomic E-state index is 13.4. The Hall–Kier alpha value is -1.56. The zero-order chi connectivity index (χ0) is 12.5. The molecule has 0 aliphatic heterocycles. The molecule has 18 heavy (non-hydrogen) atoms. The zero-order valence-electron chi connectivity index (χ0n) is 10.3. The first-order valence-corrected chi connectivity index (χ1v) is 6.70. The molecule has 94 valence electrons. The summed E-state index contributed by atoms with van der Waals surface area (Å²) in [5, 5.41) is 12.2. The minimum absolute atomic E-state index is 0.139. The van der Waals surface area contributed by atoms with Crippen molar-refractivity contribution in [2.75, 3.05) is 11.9 Å². The van der Waals surface area contributed by atoms with Gasteiger partial charge in [0.15, 0.2) is 0 Å². The number of anilines is 1. The fourth-order valence-corrected chi connectivity index (χ4v) is 3.65. The van der Waals surface area contributed by atoms with Crippen molar-refractivity contribution >= 4 is 5.69 Å². The first kappa shape index (κ1) is 11.5. The molecule has 2 aliphatic carbocycles. The highest BCUT2D eigenvalue weighted by molar-refractivity contribution is 5.57. The number of nitriles is 1. The van der Waals surface area contributed by atoms with Crippen LogP contribution in [0.2, 0.25) is 0 Å². The van der Waals surface area contributed by atoms with E-state index in [4.69, 9.17) is 5.26 Å². The van der Waals surface area contributed by atoms with E-state index in [1.165, 1.54) is 31.7 Å². The molecule has 3 unspecified atom stereocenters. The third kappa shape index (κ3) is 1.96. The lowest BCUT2D eigenvalue weighted by atomic mass is 9.89. The predicted octanol–water partition coefficient (Wildman–Crippen LogP) is 3.55. The van der Waals surface area contributed by atoms with Crippen LogP contribution in [-0.2, 0) is 0 Å². The van der Waals surface area contributed by atoms with Gasteiger partial charge in [-0.05, 0) is 49.1 Å². The van der Waals surface area contributed by atoms with Crippen LogP contribution in [0.25, 0.3) is 0 Å². The number of hydrogen-bond donors (Lipinski definition) is 1. The van der Waals surface area contributed by atoms with Gasteiger partial charge in [-0.15, -0.1) is 0 Å². The summed E-state index contributed by atoms with van der Waals surface area (Å²) < 4.78 is 13.4. The Morgan fingerprint density at radius 1 is 1.33 bits per heavy atom. The van der Waals surface area contributed by atoms with E-state index in [0.717, 1.165) is 18.4 Å². The van der Waals surface area contributed by atoms with Gasteiger partial charge in [0.2, 0.25) is 0 Å². The standard InChI is InChI=1S/C15H17FN2/c16-14-2-1-3-15(13(14)8-17)18-9-12-7-10-4-5-11(12)6-10/h1-3,10-12,18H,4-7,9H2. The van der Waals surface area contributed by atoms with Crippen LogP contribution >= 0.6 is 0 Å². The largest absolute Gasteiger partial charge is 0.384 e. The van der Waals surface area contributed by atoms with E-state index < -0.39 is 5.82 Å². The number of nitrogens with zero attached hydrogens (tertiary/aromatic N) is 1. The normalized spacial score (nSPS) is 29.2. The maximum absolute atomic E-state index is 13.4. The molecule has 2 fully saturated rings. The summed E-state index contributed by atoms with van der Waals surface area (Å²) in [5.74, 6) is 2.04. The molecule has 2 nitrogen and oxygen atoms in total. The average Bonchev–Trinajstić information content (AvgIpc) is 2.98. The Bertz CT molecular complexity index is 492. The zero-order valence-corrected chi connectivity index (χ0v) is 10.3. The number of halogens is 1. The summed E-state index contributed by atoms with van der Waals surface area (Å²) in [6, 6.07) is 6.71. The van der Waals surface area contributed by atoms with Gasteiger partial charge in [-0.25, -0.2) is 4.39 Å². The Labute approximate surface area is 107 Å². The molecule has 0 spiro atoms. The van der Waals surface area contributed by atoms with E-state index in [0.29, 0.717) is 11.6 Å². The van der Waals surface area contributed by atoms with Crippen LogP contribution in [0, 0.1) is 34.9 Å². The van der Waals surface area contributed by atoms with Crippen molar-refractivity contribution < 1.29 is 4.39 Å². The molecule has 2 aliphatic rings. The monoisotopic (exact) mass is 244 g/mol. The molecule has 2 bridgehead atoms. The van der Waals surface area contributed by atoms with Crippen molar-refractivity contribution in [3.63, 3.8) is 0 Å². The third-order valence-corrected chi connectivity index (χ3v) is 4.56. The lowest BCUT2D eigenvalue weighted by Gasteiger charge is -2.22. The number of rotatable bonds is 3. The molecule has 0 heterocycles. The highest BCUT2D eigenvalue weighted by Gasteiger charge is 2.39. The second-order valence-electron chi connectivity index (χ2n) is 5.59. The molecule has 1 N–H and O–H groups in total. The minimum Gasteiger partial charge on any atom is -0.384 e. The average molecular weight is 244 g/mol. The van der Waals surface area contributed by atoms with E-state index in [1.807, 2.05) is 6.07 Å². The van der Waals surface area contributed by atoms with E-state index in [-0.39, 0.29) is 5.56 Å². The van der Waals surface area contributed by atoms with Crippen LogP contribution in [0.15, 0.2) is 18.2 Å². The molecule has 0 saturated heterocycles. The van der Waals surface area contributed by atoms with Crippen molar-refractivity contribution in [1.29, 1.82) is 5.26 Å². The van der Waals surface area contributed by atoms with E-state index >= 15 is 0 Å². The molecule has 1 aromatic carbocycles. The quantitative estimate of drug-likeness (QED) is 0.882. The first-order chi connectivity index (χ1) is 8.78. The molecule has 3 rings (SSSR count). The van der Waals surface area contributed by atoms with E-state index in [9.17, 15) is 4.39 Å². The summed E-state index contributed by atoms with van der Waals surface area (Å²) >= 11 is 0. The molecule has 2 saturated carbocycles. The smallest absolute Gasteiger partial charge is 0.143 e. The summed E-state index contributed by atoms with van der Waals surface area (Å²) in [7, 11) is 0. The summed E-state index contributed by atoms with van der Waals surface area (Å²) in [6.45, 7) is 0.874. The van der Waals surface area contributed by atoms with Crippen LogP contribution in [0.1, 0.15) is 31.2 Å². The predicted molar refractivity (Wildman–Crippen MR) is 68.5 cm³/mol. The Morgan fingerprint density at radius 3 is 2.89 bits per heavy atom. The minimum atomic E-state index is -0.435. The highest BCUT2D eigenvalue weighted by atomic mass is 19.1. The topological polar surface area (TPSA) is 35.8 Å². The van der Waals surface area contributed by atoms with Gasteiger partial charge in [0.05, 0.1) is 5.69 Å². The lowest BCUT2D eigenvalue weighted by molar-refractivity contribution is 0.348. The fourth-order valence-electron chi connectivity index (χ4n) is 3.65. The fraction of sp³-hybridized carbons (Fsp3) is 0.533.